The highest BCUT2D eigenvalue weighted by atomic mass is 16.6. The van der Waals surface area contributed by atoms with Crippen molar-refractivity contribution in [1.29, 1.82) is 0 Å². The number of rotatable bonds is 5. The average molecular weight is 225 g/mol. The molecular formula is C12H19NO3. The Morgan fingerprint density at radius 2 is 1.56 bits per heavy atom. The summed E-state index contributed by atoms with van der Waals surface area (Å²) in [4.78, 5) is 14.3. The van der Waals surface area contributed by atoms with Crippen LogP contribution in [0.5, 0.6) is 0 Å². The van der Waals surface area contributed by atoms with Crippen molar-refractivity contribution in [2.45, 2.75) is 37.9 Å². The zero-order chi connectivity index (χ0) is 11.0. The van der Waals surface area contributed by atoms with Crippen molar-refractivity contribution in [3.8, 4) is 0 Å². The third-order valence-corrected chi connectivity index (χ3v) is 3.67. The lowest BCUT2D eigenvalue weighted by molar-refractivity contribution is -0.135. The molecule has 4 heteroatoms. The average Bonchev–Trinajstić information content (AvgIpc) is 3.20. The van der Waals surface area contributed by atoms with Crippen LogP contribution in [0.15, 0.2) is 0 Å². The van der Waals surface area contributed by atoms with Gasteiger partial charge in [-0.2, -0.15) is 0 Å². The standard InChI is InChI=1S/C12H19NO3/c14-12(9-3-1-2-4-9)13(5-10-7-15-10)6-11-8-16-11/h9-11H,1-8H2. The van der Waals surface area contributed by atoms with E-state index in [1.54, 1.807) is 0 Å². The van der Waals surface area contributed by atoms with Gasteiger partial charge >= 0.3 is 0 Å². The fourth-order valence-electron chi connectivity index (χ4n) is 2.52. The Morgan fingerprint density at radius 3 is 2.00 bits per heavy atom. The van der Waals surface area contributed by atoms with Crippen LogP contribution < -0.4 is 0 Å². The second-order valence-electron chi connectivity index (χ2n) is 5.14. The van der Waals surface area contributed by atoms with Gasteiger partial charge < -0.3 is 14.4 Å². The summed E-state index contributed by atoms with van der Waals surface area (Å²) in [6, 6.07) is 0. The van der Waals surface area contributed by atoms with Crippen LogP contribution in [-0.2, 0) is 14.3 Å². The molecule has 0 spiro atoms. The van der Waals surface area contributed by atoms with Gasteiger partial charge in [0.05, 0.1) is 25.4 Å². The van der Waals surface area contributed by atoms with Gasteiger partial charge in [-0.15, -0.1) is 0 Å². The SMILES string of the molecule is O=C(C1CCCC1)N(CC1CO1)CC1CO1. The predicted molar refractivity (Wildman–Crippen MR) is 58.0 cm³/mol. The first-order valence-corrected chi connectivity index (χ1v) is 6.35. The maximum atomic E-state index is 12.3. The van der Waals surface area contributed by atoms with Gasteiger partial charge in [-0.3, -0.25) is 4.79 Å². The van der Waals surface area contributed by atoms with Gasteiger partial charge in [-0.05, 0) is 12.8 Å². The van der Waals surface area contributed by atoms with Gasteiger partial charge in [-0.25, -0.2) is 0 Å². The maximum Gasteiger partial charge on any atom is 0.225 e. The van der Waals surface area contributed by atoms with Crippen LogP contribution in [0.3, 0.4) is 0 Å². The van der Waals surface area contributed by atoms with Crippen LogP contribution in [0.2, 0.25) is 0 Å². The second kappa shape index (κ2) is 4.34. The van der Waals surface area contributed by atoms with Gasteiger partial charge in [0.25, 0.3) is 0 Å². The fourth-order valence-corrected chi connectivity index (χ4v) is 2.52. The smallest absolute Gasteiger partial charge is 0.225 e. The van der Waals surface area contributed by atoms with Crippen molar-refractivity contribution >= 4 is 5.91 Å². The molecule has 90 valence electrons. The minimum absolute atomic E-state index is 0.275. The van der Waals surface area contributed by atoms with Gasteiger partial charge in [0.2, 0.25) is 5.91 Å². The zero-order valence-electron chi connectivity index (χ0n) is 9.56. The van der Waals surface area contributed by atoms with E-state index in [0.717, 1.165) is 39.1 Å². The van der Waals surface area contributed by atoms with Crippen LogP contribution >= 0.6 is 0 Å². The molecule has 2 atom stereocenters. The Labute approximate surface area is 95.9 Å². The molecule has 0 aromatic rings. The van der Waals surface area contributed by atoms with Crippen LogP contribution in [0, 0.1) is 5.92 Å². The Balaban J connectivity index is 1.57. The van der Waals surface area contributed by atoms with E-state index in [4.69, 9.17) is 9.47 Å². The number of carbonyl (C=O) groups excluding carboxylic acids is 1. The third-order valence-electron chi connectivity index (χ3n) is 3.67. The number of hydrogen-bond donors (Lipinski definition) is 0. The molecule has 4 nitrogen and oxygen atoms in total. The van der Waals surface area contributed by atoms with Gasteiger partial charge in [0.1, 0.15) is 0 Å². The molecular weight excluding hydrogens is 206 g/mol. The van der Waals surface area contributed by atoms with Crippen molar-refractivity contribution < 1.29 is 14.3 Å². The lowest BCUT2D eigenvalue weighted by Gasteiger charge is -2.24. The number of carbonyl (C=O) groups is 1. The zero-order valence-corrected chi connectivity index (χ0v) is 9.56. The molecule has 3 aliphatic rings. The third kappa shape index (κ3) is 2.55. The van der Waals surface area contributed by atoms with Crippen molar-refractivity contribution in [2.75, 3.05) is 26.3 Å². The van der Waals surface area contributed by atoms with Crippen molar-refractivity contribution in [2.24, 2.45) is 5.92 Å². The Kier molecular flexibility index (Phi) is 2.86. The van der Waals surface area contributed by atoms with Crippen LogP contribution in [0.1, 0.15) is 25.7 Å². The summed E-state index contributed by atoms with van der Waals surface area (Å²) in [7, 11) is 0. The summed E-state index contributed by atoms with van der Waals surface area (Å²) in [5, 5.41) is 0. The molecule has 3 fully saturated rings. The number of ether oxygens (including phenoxy) is 2. The minimum atomic E-state index is 0.275. The largest absolute Gasteiger partial charge is 0.371 e. The molecule has 1 saturated carbocycles. The van der Waals surface area contributed by atoms with Gasteiger partial charge in [-0.1, -0.05) is 12.8 Å². The summed E-state index contributed by atoms with van der Waals surface area (Å²) in [5.74, 6) is 0.612. The summed E-state index contributed by atoms with van der Waals surface area (Å²) >= 11 is 0. The molecule has 0 radical (unpaired) electrons. The predicted octanol–water partition coefficient (Wildman–Crippen LogP) is 0.803. The Hall–Kier alpha value is -0.610. The second-order valence-corrected chi connectivity index (χ2v) is 5.14. The molecule has 0 aromatic carbocycles. The topological polar surface area (TPSA) is 45.4 Å². The molecule has 1 amide bonds. The molecule has 3 rings (SSSR count). The quantitative estimate of drug-likeness (QED) is 0.650. The molecule has 0 N–H and O–H groups in total. The molecule has 2 unspecified atom stereocenters. The van der Waals surface area contributed by atoms with Crippen molar-refractivity contribution in [3.05, 3.63) is 0 Å². The number of hydrogen-bond acceptors (Lipinski definition) is 3. The van der Waals surface area contributed by atoms with E-state index < -0.39 is 0 Å². The molecule has 0 bridgehead atoms. The lowest BCUT2D eigenvalue weighted by Crippen LogP contribution is -2.40. The summed E-state index contributed by atoms with van der Waals surface area (Å²) in [5.41, 5.74) is 0. The number of amides is 1. The highest BCUT2D eigenvalue weighted by molar-refractivity contribution is 5.79. The highest BCUT2D eigenvalue weighted by Crippen LogP contribution is 2.28. The summed E-state index contributed by atoms with van der Waals surface area (Å²) in [6.45, 7) is 3.18. The Bertz CT molecular complexity index is 253. The van der Waals surface area contributed by atoms with Gasteiger partial charge in [0.15, 0.2) is 0 Å². The molecule has 2 heterocycles. The first-order chi connectivity index (χ1) is 7.83. The first kappa shape index (κ1) is 10.5. The van der Waals surface area contributed by atoms with Gasteiger partial charge in [0, 0.05) is 19.0 Å². The summed E-state index contributed by atoms with van der Waals surface area (Å²) in [6.07, 6.45) is 5.17. The van der Waals surface area contributed by atoms with E-state index in [2.05, 4.69) is 0 Å². The van der Waals surface area contributed by atoms with E-state index in [9.17, 15) is 4.79 Å². The molecule has 16 heavy (non-hydrogen) atoms. The normalized spacial score (nSPS) is 32.8. The van der Waals surface area contributed by atoms with Crippen LogP contribution in [0.4, 0.5) is 0 Å². The maximum absolute atomic E-state index is 12.3. The van der Waals surface area contributed by atoms with Crippen LogP contribution in [-0.4, -0.2) is 49.3 Å². The van der Waals surface area contributed by atoms with Crippen molar-refractivity contribution in [3.63, 3.8) is 0 Å². The molecule has 2 saturated heterocycles. The first-order valence-electron chi connectivity index (χ1n) is 6.35. The molecule has 0 aromatic heterocycles. The Morgan fingerprint density at radius 1 is 1.06 bits per heavy atom. The lowest BCUT2D eigenvalue weighted by atomic mass is 10.1. The number of epoxide rings is 2. The van der Waals surface area contributed by atoms with E-state index >= 15 is 0 Å². The van der Waals surface area contributed by atoms with Crippen molar-refractivity contribution in [1.82, 2.24) is 4.90 Å². The molecule has 2 aliphatic heterocycles. The van der Waals surface area contributed by atoms with E-state index in [1.807, 2.05) is 4.90 Å². The fraction of sp³-hybridized carbons (Fsp3) is 0.917. The molecule has 1 aliphatic carbocycles. The minimum Gasteiger partial charge on any atom is -0.371 e. The van der Waals surface area contributed by atoms with Crippen LogP contribution in [0.25, 0.3) is 0 Å². The monoisotopic (exact) mass is 225 g/mol. The number of nitrogens with zero attached hydrogens (tertiary/aromatic N) is 1. The summed E-state index contributed by atoms with van der Waals surface area (Å²) < 4.78 is 10.4. The van der Waals surface area contributed by atoms with E-state index in [0.29, 0.717) is 18.1 Å². The van der Waals surface area contributed by atoms with E-state index in [-0.39, 0.29) is 5.92 Å². The van der Waals surface area contributed by atoms with E-state index in [1.165, 1.54) is 12.8 Å². The highest BCUT2D eigenvalue weighted by Gasteiger charge is 2.35.